The van der Waals surface area contributed by atoms with E-state index in [9.17, 15) is 0 Å². The van der Waals surface area contributed by atoms with E-state index in [1.165, 1.54) is 22.3 Å². The molecule has 36 heavy (non-hydrogen) atoms. The molecule has 187 valence electrons. The van der Waals surface area contributed by atoms with Crippen LogP contribution in [0.3, 0.4) is 0 Å². The lowest BCUT2D eigenvalue weighted by atomic mass is 9.98. The SMILES string of the molecule is CCN(C/C=C/C#CC(C)(C)C)Cc1cccc(OC(c2ccc(-c3ccccc3)cc2)[Si](C)C)c1. The Hall–Kier alpha value is -3.06. The highest BCUT2D eigenvalue weighted by Crippen LogP contribution is 2.28. The molecule has 0 aliphatic carbocycles. The molecule has 1 atom stereocenters. The average molecular weight is 495 g/mol. The van der Waals surface area contributed by atoms with Gasteiger partial charge < -0.3 is 4.74 Å². The third-order valence-corrected chi connectivity index (χ3v) is 7.36. The zero-order valence-electron chi connectivity index (χ0n) is 22.7. The molecule has 0 N–H and O–H groups in total. The maximum atomic E-state index is 6.60. The smallest absolute Gasteiger partial charge is 0.120 e. The lowest BCUT2D eigenvalue weighted by molar-refractivity contribution is 0.278. The molecule has 2 nitrogen and oxygen atoms in total. The van der Waals surface area contributed by atoms with Gasteiger partial charge in [-0.3, -0.25) is 4.90 Å². The van der Waals surface area contributed by atoms with Crippen LogP contribution in [0.25, 0.3) is 11.1 Å². The van der Waals surface area contributed by atoms with Crippen LogP contribution in [-0.2, 0) is 6.54 Å². The highest BCUT2D eigenvalue weighted by Gasteiger charge is 2.19. The lowest BCUT2D eigenvalue weighted by Crippen LogP contribution is -2.23. The summed E-state index contributed by atoms with van der Waals surface area (Å²) in [5.41, 5.74) is 5.12. The van der Waals surface area contributed by atoms with Crippen LogP contribution in [0.15, 0.2) is 91.0 Å². The van der Waals surface area contributed by atoms with Crippen molar-refractivity contribution in [2.45, 2.75) is 53.1 Å². The Balaban J connectivity index is 1.67. The fraction of sp³-hybridized carbons (Fsp3) is 0.333. The first kappa shape index (κ1) is 27.5. The van der Waals surface area contributed by atoms with Crippen molar-refractivity contribution in [1.29, 1.82) is 0 Å². The van der Waals surface area contributed by atoms with Crippen molar-refractivity contribution in [2.75, 3.05) is 13.1 Å². The third-order valence-electron chi connectivity index (χ3n) is 5.86. The van der Waals surface area contributed by atoms with Crippen LogP contribution in [0.5, 0.6) is 5.75 Å². The van der Waals surface area contributed by atoms with Gasteiger partial charge in [-0.25, -0.2) is 0 Å². The Bertz CT molecular complexity index is 1160. The molecule has 1 unspecified atom stereocenters. The maximum absolute atomic E-state index is 6.60. The standard InChI is InChI=1S/C33H40NOSi/c1-7-34(24-13-9-12-23-33(2,3)4)26-27-15-14-18-31(25-27)35-32(36(5)6)30-21-19-29(20-22-30)28-16-10-8-11-17-28/h8-11,13-22,25,32H,7,24,26H2,1-6H3/b13-9+. The predicted molar refractivity (Wildman–Crippen MR) is 156 cm³/mol. The topological polar surface area (TPSA) is 12.5 Å². The summed E-state index contributed by atoms with van der Waals surface area (Å²) in [4.78, 5) is 2.41. The summed E-state index contributed by atoms with van der Waals surface area (Å²) in [5.74, 6) is 7.36. The molecule has 0 heterocycles. The van der Waals surface area contributed by atoms with Gasteiger partial charge in [0, 0.05) is 18.5 Å². The largest absolute Gasteiger partial charge is 0.490 e. The highest BCUT2D eigenvalue weighted by molar-refractivity contribution is 6.57. The van der Waals surface area contributed by atoms with Crippen LogP contribution in [0.1, 0.15) is 44.5 Å². The molecule has 0 bridgehead atoms. The zero-order chi connectivity index (χ0) is 26.0. The lowest BCUT2D eigenvalue weighted by Gasteiger charge is -2.24. The quantitative estimate of drug-likeness (QED) is 0.208. The van der Waals surface area contributed by atoms with Gasteiger partial charge in [0.05, 0.1) is 0 Å². The molecular formula is C33H40NOSi. The van der Waals surface area contributed by atoms with Crippen LogP contribution >= 0.6 is 0 Å². The number of hydrogen-bond donors (Lipinski definition) is 0. The van der Waals surface area contributed by atoms with Crippen LogP contribution in [0.4, 0.5) is 0 Å². The first-order valence-electron chi connectivity index (χ1n) is 12.9. The number of allylic oxidation sites excluding steroid dienone is 1. The molecule has 0 saturated heterocycles. The van der Waals surface area contributed by atoms with E-state index in [-0.39, 0.29) is 11.1 Å². The molecule has 0 aromatic heterocycles. The predicted octanol–water partition coefficient (Wildman–Crippen LogP) is 8.19. The van der Waals surface area contributed by atoms with E-state index in [0.29, 0.717) is 0 Å². The maximum Gasteiger partial charge on any atom is 0.120 e. The Morgan fingerprint density at radius 1 is 0.917 bits per heavy atom. The van der Waals surface area contributed by atoms with Gasteiger partial charge in [-0.05, 0) is 67.8 Å². The van der Waals surface area contributed by atoms with E-state index < -0.39 is 8.80 Å². The monoisotopic (exact) mass is 494 g/mol. The first-order valence-corrected chi connectivity index (χ1v) is 15.4. The molecule has 0 fully saturated rings. The minimum atomic E-state index is -0.722. The molecule has 0 aliphatic rings. The normalized spacial score (nSPS) is 12.6. The number of ether oxygens (including phenoxy) is 1. The van der Waals surface area contributed by atoms with Crippen molar-refractivity contribution in [1.82, 2.24) is 4.90 Å². The fourth-order valence-electron chi connectivity index (χ4n) is 3.94. The highest BCUT2D eigenvalue weighted by atomic mass is 28.3. The van der Waals surface area contributed by atoms with Crippen molar-refractivity contribution in [2.24, 2.45) is 5.41 Å². The number of rotatable bonds is 10. The van der Waals surface area contributed by atoms with Crippen molar-refractivity contribution >= 4 is 8.80 Å². The summed E-state index contributed by atoms with van der Waals surface area (Å²) in [7, 11) is -0.722. The minimum Gasteiger partial charge on any atom is -0.490 e. The van der Waals surface area contributed by atoms with Gasteiger partial charge in [0.25, 0.3) is 0 Å². The zero-order valence-corrected chi connectivity index (χ0v) is 23.7. The van der Waals surface area contributed by atoms with E-state index in [0.717, 1.165) is 25.4 Å². The Kier molecular flexibility index (Phi) is 10.2. The summed E-state index contributed by atoms with van der Waals surface area (Å²) in [6, 6.07) is 28.0. The third kappa shape index (κ3) is 8.86. The van der Waals surface area contributed by atoms with Gasteiger partial charge in [-0.2, -0.15) is 0 Å². The Morgan fingerprint density at radius 2 is 1.61 bits per heavy atom. The number of likely N-dealkylation sites (N-methyl/N-ethyl adjacent to an activating group) is 1. The van der Waals surface area contributed by atoms with Crippen molar-refractivity contribution in [3.05, 3.63) is 102 Å². The number of hydrogen-bond acceptors (Lipinski definition) is 2. The van der Waals surface area contributed by atoms with Crippen molar-refractivity contribution in [3.8, 4) is 28.7 Å². The average Bonchev–Trinajstić information content (AvgIpc) is 2.86. The second kappa shape index (κ2) is 13.3. The molecule has 1 radical (unpaired) electrons. The van der Waals surface area contributed by atoms with Crippen LogP contribution in [0, 0.1) is 17.3 Å². The molecule has 0 aliphatic heterocycles. The van der Waals surface area contributed by atoms with Crippen molar-refractivity contribution < 1.29 is 4.74 Å². The van der Waals surface area contributed by atoms with Crippen LogP contribution < -0.4 is 4.74 Å². The van der Waals surface area contributed by atoms with Crippen LogP contribution in [-0.4, -0.2) is 26.8 Å². The summed E-state index contributed by atoms with van der Waals surface area (Å²) in [6.07, 6.45) is 4.13. The van der Waals surface area contributed by atoms with E-state index in [1.807, 2.05) is 6.08 Å². The number of benzene rings is 3. The van der Waals surface area contributed by atoms with Gasteiger partial charge in [0.1, 0.15) is 20.3 Å². The Morgan fingerprint density at radius 3 is 2.25 bits per heavy atom. The summed E-state index contributed by atoms with van der Waals surface area (Å²) in [5, 5.41) is 0. The van der Waals surface area contributed by atoms with Crippen molar-refractivity contribution in [3.63, 3.8) is 0 Å². The molecule has 0 spiro atoms. The fourth-order valence-corrected chi connectivity index (χ4v) is 5.17. The molecule has 3 aromatic rings. The second-order valence-electron chi connectivity index (χ2n) is 10.5. The van der Waals surface area contributed by atoms with Gasteiger partial charge in [-0.1, -0.05) is 105 Å². The van der Waals surface area contributed by atoms with Crippen LogP contribution in [0.2, 0.25) is 13.1 Å². The Labute approximate surface area is 220 Å². The summed E-state index contributed by atoms with van der Waals surface area (Å²) < 4.78 is 6.60. The molecule has 3 heteroatoms. The van der Waals surface area contributed by atoms with E-state index in [2.05, 4.69) is 142 Å². The van der Waals surface area contributed by atoms with Gasteiger partial charge >= 0.3 is 0 Å². The minimum absolute atomic E-state index is 0.0368. The van der Waals surface area contributed by atoms with Gasteiger partial charge in [0.15, 0.2) is 0 Å². The summed E-state index contributed by atoms with van der Waals surface area (Å²) >= 11 is 0. The molecule has 3 rings (SSSR count). The van der Waals surface area contributed by atoms with E-state index >= 15 is 0 Å². The van der Waals surface area contributed by atoms with E-state index in [1.54, 1.807) is 0 Å². The second-order valence-corrected chi connectivity index (χ2v) is 13.1. The molecule has 0 amide bonds. The number of nitrogens with zero attached hydrogens (tertiary/aromatic N) is 1. The molecule has 3 aromatic carbocycles. The summed E-state index contributed by atoms with van der Waals surface area (Å²) in [6.45, 7) is 16.0. The van der Waals surface area contributed by atoms with Gasteiger partial charge in [-0.15, -0.1) is 0 Å². The van der Waals surface area contributed by atoms with E-state index in [4.69, 9.17) is 4.74 Å². The van der Waals surface area contributed by atoms with Gasteiger partial charge in [0.2, 0.25) is 0 Å². The molecular weight excluding hydrogens is 454 g/mol. The first-order chi connectivity index (χ1) is 17.2. The molecule has 0 saturated carbocycles.